The quantitative estimate of drug-likeness (QED) is 0.625. The maximum Gasteiger partial charge on any atom is 0.252 e. The molecule has 0 spiro atoms. The first kappa shape index (κ1) is 21.9. The van der Waals surface area contributed by atoms with Crippen LogP contribution < -0.4 is 5.32 Å². The lowest BCUT2D eigenvalue weighted by molar-refractivity contribution is 0.0941. The second-order valence-corrected chi connectivity index (χ2v) is 9.32. The maximum atomic E-state index is 13.8. The van der Waals surface area contributed by atoms with Gasteiger partial charge in [0.25, 0.3) is 5.91 Å². The van der Waals surface area contributed by atoms with Crippen LogP contribution >= 0.6 is 11.6 Å². The monoisotopic (exact) mass is 450 g/mol. The van der Waals surface area contributed by atoms with Gasteiger partial charge in [-0.05, 0) is 35.9 Å². The van der Waals surface area contributed by atoms with Crippen LogP contribution in [0.4, 0.5) is 4.39 Å². The van der Waals surface area contributed by atoms with Crippen LogP contribution in [0.2, 0.25) is 5.02 Å². The van der Waals surface area contributed by atoms with Gasteiger partial charge in [-0.2, -0.15) is 0 Å². The molecule has 1 amide bonds. The van der Waals surface area contributed by atoms with Crippen molar-refractivity contribution in [1.82, 2.24) is 19.2 Å². The highest BCUT2D eigenvalue weighted by Crippen LogP contribution is 2.26. The molecular formula is C20H20ClFN4O3S. The van der Waals surface area contributed by atoms with Gasteiger partial charge in [0.05, 0.1) is 5.02 Å². The summed E-state index contributed by atoms with van der Waals surface area (Å²) < 4.78 is 41.5. The molecule has 3 aromatic rings. The second-order valence-electron chi connectivity index (χ2n) is 6.79. The number of halogens is 2. The fraction of sp³-hybridized carbons (Fsp3) is 0.200. The smallest absolute Gasteiger partial charge is 0.252 e. The first-order chi connectivity index (χ1) is 14.1. The van der Waals surface area contributed by atoms with Crippen LogP contribution in [0.25, 0.3) is 0 Å². The van der Waals surface area contributed by atoms with Gasteiger partial charge in [0.15, 0.2) is 0 Å². The fourth-order valence-corrected chi connectivity index (χ4v) is 4.29. The second kappa shape index (κ2) is 8.55. The van der Waals surface area contributed by atoms with E-state index in [-0.39, 0.29) is 15.5 Å². The van der Waals surface area contributed by atoms with Crippen molar-refractivity contribution in [3.8, 4) is 0 Å². The lowest BCUT2D eigenvalue weighted by atomic mass is 10.0. The van der Waals surface area contributed by atoms with Crippen LogP contribution in [0.3, 0.4) is 0 Å². The summed E-state index contributed by atoms with van der Waals surface area (Å²) in [5.41, 5.74) is 0.586. The van der Waals surface area contributed by atoms with Crippen LogP contribution in [-0.4, -0.2) is 42.3 Å². The van der Waals surface area contributed by atoms with Crippen LogP contribution in [0.5, 0.6) is 0 Å². The van der Waals surface area contributed by atoms with E-state index in [4.69, 9.17) is 11.6 Å². The van der Waals surface area contributed by atoms with Gasteiger partial charge in [0.2, 0.25) is 10.0 Å². The maximum absolute atomic E-state index is 13.8. The fourth-order valence-electron chi connectivity index (χ4n) is 2.89. The van der Waals surface area contributed by atoms with Gasteiger partial charge in [-0.1, -0.05) is 23.7 Å². The highest BCUT2D eigenvalue weighted by atomic mass is 35.5. The Hall–Kier alpha value is -2.75. The summed E-state index contributed by atoms with van der Waals surface area (Å²) in [7, 11) is 0.659. The van der Waals surface area contributed by atoms with Gasteiger partial charge in [0, 0.05) is 39.1 Å². The number of carbonyl (C=O) groups excluding carboxylic acids is 1. The molecule has 1 unspecified atom stereocenters. The number of nitrogens with zero attached hydrogens (tertiary/aromatic N) is 3. The third-order valence-electron chi connectivity index (χ3n) is 4.53. The molecule has 30 heavy (non-hydrogen) atoms. The summed E-state index contributed by atoms with van der Waals surface area (Å²) in [4.78, 5) is 17.1. The van der Waals surface area contributed by atoms with E-state index < -0.39 is 27.8 Å². The lowest BCUT2D eigenvalue weighted by Gasteiger charge is -2.20. The number of rotatable bonds is 6. The molecule has 1 atom stereocenters. The van der Waals surface area contributed by atoms with E-state index in [0.29, 0.717) is 11.4 Å². The highest BCUT2D eigenvalue weighted by molar-refractivity contribution is 7.89. The van der Waals surface area contributed by atoms with Gasteiger partial charge in [0.1, 0.15) is 22.6 Å². The van der Waals surface area contributed by atoms with Crippen molar-refractivity contribution in [1.29, 1.82) is 0 Å². The molecule has 0 bridgehead atoms. The molecule has 0 saturated carbocycles. The number of aromatic nitrogens is 2. The van der Waals surface area contributed by atoms with Crippen molar-refractivity contribution >= 4 is 27.5 Å². The minimum Gasteiger partial charge on any atom is -0.338 e. The van der Waals surface area contributed by atoms with Crippen LogP contribution in [-0.2, 0) is 17.1 Å². The molecule has 3 rings (SSSR count). The van der Waals surface area contributed by atoms with Crippen molar-refractivity contribution in [2.24, 2.45) is 7.05 Å². The Morgan fingerprint density at radius 3 is 2.57 bits per heavy atom. The van der Waals surface area contributed by atoms with E-state index in [9.17, 15) is 17.6 Å². The van der Waals surface area contributed by atoms with Crippen LogP contribution in [0, 0.1) is 5.82 Å². The number of hydrogen-bond donors (Lipinski definition) is 1. The largest absolute Gasteiger partial charge is 0.338 e. The minimum atomic E-state index is -3.84. The molecule has 0 aliphatic heterocycles. The van der Waals surface area contributed by atoms with E-state index in [2.05, 4.69) is 10.3 Å². The Bertz CT molecular complexity index is 1190. The molecule has 2 aromatic carbocycles. The van der Waals surface area contributed by atoms with Gasteiger partial charge in [-0.15, -0.1) is 0 Å². The SMILES string of the molecule is CN(C)S(=O)(=O)c1cc(C(=O)NC(c2cccc(F)c2)c2nccn2C)ccc1Cl. The van der Waals surface area contributed by atoms with Crippen molar-refractivity contribution in [2.45, 2.75) is 10.9 Å². The first-order valence-electron chi connectivity index (χ1n) is 8.87. The number of benzene rings is 2. The van der Waals surface area contributed by atoms with E-state index >= 15 is 0 Å². The minimum absolute atomic E-state index is 0.00558. The average molecular weight is 451 g/mol. The number of imidazole rings is 1. The van der Waals surface area contributed by atoms with E-state index in [1.54, 1.807) is 30.1 Å². The van der Waals surface area contributed by atoms with Gasteiger partial charge in [-0.25, -0.2) is 22.1 Å². The summed E-state index contributed by atoms with van der Waals surface area (Å²) in [6.45, 7) is 0. The molecule has 0 saturated heterocycles. The number of hydrogen-bond acceptors (Lipinski definition) is 4. The van der Waals surface area contributed by atoms with E-state index in [1.807, 2.05) is 0 Å². The Morgan fingerprint density at radius 2 is 1.97 bits per heavy atom. The summed E-state index contributed by atoms with van der Waals surface area (Å²) in [5, 5.41) is 2.81. The average Bonchev–Trinajstić information content (AvgIpc) is 3.11. The number of aryl methyl sites for hydroxylation is 1. The summed E-state index contributed by atoms with van der Waals surface area (Å²) in [6, 6.07) is 9.06. The molecule has 0 fully saturated rings. The molecule has 1 N–H and O–H groups in total. The Morgan fingerprint density at radius 1 is 1.23 bits per heavy atom. The third kappa shape index (κ3) is 4.38. The van der Waals surface area contributed by atoms with Crippen molar-refractivity contribution in [3.63, 3.8) is 0 Å². The lowest BCUT2D eigenvalue weighted by Crippen LogP contribution is -2.31. The Balaban J connectivity index is 2.01. The van der Waals surface area contributed by atoms with Crippen LogP contribution in [0.15, 0.2) is 59.8 Å². The first-order valence-corrected chi connectivity index (χ1v) is 10.7. The number of carbonyl (C=O) groups is 1. The van der Waals surface area contributed by atoms with Gasteiger partial charge < -0.3 is 9.88 Å². The predicted molar refractivity (Wildman–Crippen MR) is 111 cm³/mol. The molecule has 0 radical (unpaired) electrons. The molecular weight excluding hydrogens is 431 g/mol. The number of nitrogens with one attached hydrogen (secondary N) is 1. The molecule has 158 valence electrons. The summed E-state index contributed by atoms with van der Waals surface area (Å²) >= 11 is 6.06. The number of sulfonamides is 1. The van der Waals surface area contributed by atoms with Gasteiger partial charge in [-0.3, -0.25) is 4.79 Å². The van der Waals surface area contributed by atoms with Crippen LogP contribution in [0.1, 0.15) is 27.8 Å². The molecule has 7 nitrogen and oxygen atoms in total. The van der Waals surface area contributed by atoms with Crippen molar-refractivity contribution in [3.05, 3.63) is 82.6 Å². The number of amides is 1. The standard InChI is InChI=1S/C20H20ClFN4O3S/c1-25(2)30(28,29)17-12-14(7-8-16(17)21)20(27)24-18(19-23-9-10-26(19)3)13-5-4-6-15(22)11-13/h4-12,18H,1-3H3,(H,24,27). The molecule has 0 aliphatic carbocycles. The summed E-state index contributed by atoms with van der Waals surface area (Å²) in [6.07, 6.45) is 3.27. The molecule has 1 heterocycles. The molecule has 1 aromatic heterocycles. The third-order valence-corrected chi connectivity index (χ3v) is 6.82. The molecule has 0 aliphatic rings. The predicted octanol–water partition coefficient (Wildman–Crippen LogP) is 2.98. The van der Waals surface area contributed by atoms with Gasteiger partial charge >= 0.3 is 0 Å². The zero-order valence-electron chi connectivity index (χ0n) is 16.5. The van der Waals surface area contributed by atoms with Crippen molar-refractivity contribution < 1.29 is 17.6 Å². The zero-order chi connectivity index (χ0) is 22.1. The summed E-state index contributed by atoms with van der Waals surface area (Å²) in [5.74, 6) is -0.519. The van der Waals surface area contributed by atoms with Crippen molar-refractivity contribution in [2.75, 3.05) is 14.1 Å². The topological polar surface area (TPSA) is 84.3 Å². The van der Waals surface area contributed by atoms with E-state index in [1.165, 1.54) is 50.5 Å². The Labute approximate surface area is 179 Å². The zero-order valence-corrected chi connectivity index (χ0v) is 18.1. The van der Waals surface area contributed by atoms with E-state index in [0.717, 1.165) is 4.31 Å². The highest BCUT2D eigenvalue weighted by Gasteiger charge is 2.25. The molecule has 10 heteroatoms. The normalized spacial score (nSPS) is 12.7. The Kier molecular flexibility index (Phi) is 6.25.